The maximum atomic E-state index is 13.2. The second kappa shape index (κ2) is 9.59. The Kier molecular flexibility index (Phi) is 7.35. The topological polar surface area (TPSA) is 94.4 Å². The van der Waals surface area contributed by atoms with Crippen molar-refractivity contribution in [3.63, 3.8) is 0 Å². The number of ketones is 1. The Morgan fingerprint density at radius 2 is 1.79 bits per heavy atom. The van der Waals surface area contributed by atoms with Gasteiger partial charge in [-0.2, -0.15) is 0 Å². The molecule has 184 valence electrons. The van der Waals surface area contributed by atoms with Gasteiger partial charge in [-0.3, -0.25) is 9.10 Å². The van der Waals surface area contributed by atoms with Crippen molar-refractivity contribution in [2.75, 3.05) is 18.0 Å². The Bertz CT molecular complexity index is 1280. The van der Waals surface area contributed by atoms with Crippen LogP contribution in [0.3, 0.4) is 0 Å². The molecule has 0 aliphatic carbocycles. The van der Waals surface area contributed by atoms with Crippen molar-refractivity contribution in [1.29, 1.82) is 0 Å². The summed E-state index contributed by atoms with van der Waals surface area (Å²) in [5.41, 5.74) is 0.602. The van der Waals surface area contributed by atoms with Gasteiger partial charge in [-0.15, -0.1) is 0 Å². The first-order valence-corrected chi connectivity index (χ1v) is 16.4. The number of hydrogen-bond donors (Lipinski definition) is 0. The van der Waals surface area contributed by atoms with E-state index in [1.165, 1.54) is 25.4 Å². The molecule has 2 heterocycles. The number of benzene rings is 1. The molecule has 0 saturated carbocycles. The fourth-order valence-electron chi connectivity index (χ4n) is 3.28. The number of ether oxygens (including phenoxy) is 1. The highest BCUT2D eigenvalue weighted by Gasteiger charge is 2.29. The molecule has 8 nitrogen and oxygen atoms in total. The lowest BCUT2D eigenvalue weighted by molar-refractivity contribution is 0.0849. The van der Waals surface area contributed by atoms with E-state index in [1.54, 1.807) is 29.0 Å². The van der Waals surface area contributed by atoms with E-state index < -0.39 is 23.5 Å². The van der Waals surface area contributed by atoms with Gasteiger partial charge in [-0.05, 0) is 18.2 Å². The SMILES string of the molecule is CN(c1cnc2c(n1)c(C(=O)C(C)(C)C)cn2COCC[Si](C)(C)C)S(=O)(=O)c1ccccc1. The highest BCUT2D eigenvalue weighted by Crippen LogP contribution is 2.29. The minimum atomic E-state index is -3.83. The normalized spacial score (nSPS) is 12.8. The zero-order chi connectivity index (χ0) is 25.3. The molecule has 0 aliphatic heterocycles. The monoisotopic (exact) mass is 502 g/mol. The number of hydrogen-bond acceptors (Lipinski definition) is 6. The van der Waals surface area contributed by atoms with Crippen molar-refractivity contribution in [2.45, 2.75) is 58.1 Å². The van der Waals surface area contributed by atoms with Crippen LogP contribution in [0.4, 0.5) is 5.82 Å². The maximum Gasteiger partial charge on any atom is 0.265 e. The summed E-state index contributed by atoms with van der Waals surface area (Å²) in [6, 6.07) is 9.17. The van der Waals surface area contributed by atoms with Gasteiger partial charge in [-0.1, -0.05) is 58.6 Å². The Hall–Kier alpha value is -2.56. The predicted octanol–water partition coefficient (Wildman–Crippen LogP) is 4.80. The smallest absolute Gasteiger partial charge is 0.265 e. The van der Waals surface area contributed by atoms with Gasteiger partial charge in [0.1, 0.15) is 12.2 Å². The summed E-state index contributed by atoms with van der Waals surface area (Å²) in [6.45, 7) is 13.2. The van der Waals surface area contributed by atoms with E-state index in [9.17, 15) is 13.2 Å². The lowest BCUT2D eigenvalue weighted by Gasteiger charge is -2.19. The van der Waals surface area contributed by atoms with Gasteiger partial charge in [-0.25, -0.2) is 18.4 Å². The highest BCUT2D eigenvalue weighted by atomic mass is 32.2. The Morgan fingerprint density at radius 3 is 2.38 bits per heavy atom. The van der Waals surface area contributed by atoms with Crippen molar-refractivity contribution in [3.05, 3.63) is 48.3 Å². The lowest BCUT2D eigenvalue weighted by atomic mass is 9.87. The van der Waals surface area contributed by atoms with Gasteiger partial charge in [0.2, 0.25) is 0 Å². The third-order valence-electron chi connectivity index (χ3n) is 5.43. The van der Waals surface area contributed by atoms with Gasteiger partial charge in [0.25, 0.3) is 10.0 Å². The molecule has 0 fully saturated rings. The van der Waals surface area contributed by atoms with E-state index in [2.05, 4.69) is 29.6 Å². The second-order valence-electron chi connectivity index (χ2n) is 10.6. The molecule has 0 spiro atoms. The van der Waals surface area contributed by atoms with Crippen molar-refractivity contribution in [1.82, 2.24) is 14.5 Å². The van der Waals surface area contributed by atoms with Crippen LogP contribution in [0.25, 0.3) is 11.2 Å². The molecule has 0 N–H and O–H groups in total. The minimum absolute atomic E-state index is 0.0987. The highest BCUT2D eigenvalue weighted by molar-refractivity contribution is 7.92. The van der Waals surface area contributed by atoms with E-state index in [0.717, 1.165) is 10.3 Å². The van der Waals surface area contributed by atoms with Crippen LogP contribution < -0.4 is 4.31 Å². The molecule has 0 atom stereocenters. The van der Waals surface area contributed by atoms with Crippen LogP contribution in [0.2, 0.25) is 25.7 Å². The minimum Gasteiger partial charge on any atom is -0.361 e. The van der Waals surface area contributed by atoms with Crippen LogP contribution in [-0.2, 0) is 21.5 Å². The summed E-state index contributed by atoms with van der Waals surface area (Å²) in [4.78, 5) is 22.4. The first-order valence-electron chi connectivity index (χ1n) is 11.2. The maximum absolute atomic E-state index is 13.2. The summed E-state index contributed by atoms with van der Waals surface area (Å²) in [6.07, 6.45) is 3.12. The summed E-state index contributed by atoms with van der Waals surface area (Å²) in [5.74, 6) is 0.0371. The molecular weight excluding hydrogens is 468 g/mol. The molecule has 2 aromatic heterocycles. The van der Waals surface area contributed by atoms with Gasteiger partial charge >= 0.3 is 0 Å². The molecule has 0 amide bonds. The molecule has 0 saturated heterocycles. The van der Waals surface area contributed by atoms with E-state index in [-0.39, 0.29) is 23.2 Å². The molecule has 0 radical (unpaired) electrons. The van der Waals surface area contributed by atoms with Crippen molar-refractivity contribution in [3.8, 4) is 0 Å². The largest absolute Gasteiger partial charge is 0.361 e. The average molecular weight is 503 g/mol. The third kappa shape index (κ3) is 5.73. The summed E-state index contributed by atoms with van der Waals surface area (Å²) < 4.78 is 34.9. The van der Waals surface area contributed by atoms with Crippen molar-refractivity contribution < 1.29 is 17.9 Å². The van der Waals surface area contributed by atoms with Gasteiger partial charge in [0.05, 0.1) is 16.7 Å². The Balaban J connectivity index is 2.01. The van der Waals surface area contributed by atoms with E-state index in [4.69, 9.17) is 4.74 Å². The predicted molar refractivity (Wildman–Crippen MR) is 137 cm³/mol. The first kappa shape index (κ1) is 26.0. The number of anilines is 1. The Morgan fingerprint density at radius 1 is 1.15 bits per heavy atom. The van der Waals surface area contributed by atoms with Crippen LogP contribution in [0.15, 0.2) is 47.6 Å². The number of Topliss-reactive ketones (excluding diaryl/α,β-unsaturated/α-hetero) is 1. The third-order valence-corrected chi connectivity index (χ3v) is 8.91. The van der Waals surface area contributed by atoms with Crippen LogP contribution in [0.5, 0.6) is 0 Å². The first-order chi connectivity index (χ1) is 15.7. The van der Waals surface area contributed by atoms with E-state index in [0.29, 0.717) is 23.3 Å². The number of carbonyl (C=O) groups excluding carboxylic acids is 1. The molecule has 0 aliphatic rings. The van der Waals surface area contributed by atoms with Crippen LogP contribution >= 0.6 is 0 Å². The number of fused-ring (bicyclic) bond motifs is 1. The van der Waals surface area contributed by atoms with Crippen LogP contribution in [0, 0.1) is 5.41 Å². The fourth-order valence-corrected chi connectivity index (χ4v) is 5.19. The zero-order valence-corrected chi connectivity index (χ0v) is 22.8. The number of rotatable bonds is 9. The molecule has 0 bridgehead atoms. The van der Waals surface area contributed by atoms with Crippen molar-refractivity contribution in [2.24, 2.45) is 5.41 Å². The average Bonchev–Trinajstić information content (AvgIpc) is 3.12. The molecule has 0 unspecified atom stereocenters. The standard InChI is InChI=1S/C24H34N4O4SSi/c1-24(2,3)22(29)19-16-28(17-32-13-14-34(5,6)7)23-21(19)26-20(15-25-23)27(4)33(30,31)18-11-9-8-10-12-18/h8-12,15-16H,13-14,17H2,1-7H3. The van der Waals surface area contributed by atoms with Gasteiger partial charge in [0, 0.05) is 33.3 Å². The van der Waals surface area contributed by atoms with E-state index >= 15 is 0 Å². The van der Waals surface area contributed by atoms with Gasteiger partial charge in [0.15, 0.2) is 17.2 Å². The van der Waals surface area contributed by atoms with E-state index in [1.807, 2.05) is 20.8 Å². The molecular formula is C24H34N4O4SSi. The molecule has 34 heavy (non-hydrogen) atoms. The zero-order valence-electron chi connectivity index (χ0n) is 21.0. The second-order valence-corrected chi connectivity index (χ2v) is 18.2. The fraction of sp³-hybridized carbons (Fsp3) is 0.458. The number of sulfonamides is 1. The molecule has 3 aromatic rings. The quantitative estimate of drug-likeness (QED) is 0.237. The number of aromatic nitrogens is 3. The summed E-state index contributed by atoms with van der Waals surface area (Å²) >= 11 is 0. The van der Waals surface area contributed by atoms with Crippen LogP contribution in [0.1, 0.15) is 31.1 Å². The number of carbonyl (C=O) groups is 1. The lowest BCUT2D eigenvalue weighted by Crippen LogP contribution is -2.27. The summed E-state index contributed by atoms with van der Waals surface area (Å²) in [5, 5.41) is 0. The molecule has 3 rings (SSSR count). The number of nitrogens with zero attached hydrogens (tertiary/aromatic N) is 4. The molecule has 10 heteroatoms. The van der Waals surface area contributed by atoms with Crippen molar-refractivity contribution >= 4 is 40.9 Å². The van der Waals surface area contributed by atoms with Crippen LogP contribution in [-0.4, -0.2) is 50.5 Å². The Labute approximate surface area is 203 Å². The van der Waals surface area contributed by atoms with Gasteiger partial charge < -0.3 is 9.30 Å². The summed E-state index contributed by atoms with van der Waals surface area (Å²) in [7, 11) is -3.63. The molecule has 1 aromatic carbocycles.